The lowest BCUT2D eigenvalue weighted by molar-refractivity contribution is 0.150. The summed E-state index contributed by atoms with van der Waals surface area (Å²) in [4.78, 5) is 12.0. The van der Waals surface area contributed by atoms with Crippen molar-refractivity contribution in [2.75, 3.05) is 0 Å². The summed E-state index contributed by atoms with van der Waals surface area (Å²) in [5.74, 6) is -0.163. The van der Waals surface area contributed by atoms with E-state index in [0.717, 1.165) is 38.5 Å². The molecule has 2 rings (SSSR count). The highest BCUT2D eigenvalue weighted by Gasteiger charge is 2.24. The number of rotatable bonds is 14. The van der Waals surface area contributed by atoms with E-state index in [-0.39, 0.29) is 45.3 Å². The van der Waals surface area contributed by atoms with Crippen LogP contribution in [0.25, 0.3) is 0 Å². The van der Waals surface area contributed by atoms with Gasteiger partial charge in [-0.1, -0.05) is 64.5 Å². The van der Waals surface area contributed by atoms with Gasteiger partial charge in [-0.15, -0.1) is 0 Å². The molecule has 200 valence electrons. The van der Waals surface area contributed by atoms with E-state index in [1.54, 1.807) is 0 Å². The van der Waals surface area contributed by atoms with Crippen molar-refractivity contribution in [3.8, 4) is 11.5 Å². The lowest BCUT2D eigenvalue weighted by atomic mass is 10.1. The van der Waals surface area contributed by atoms with Gasteiger partial charge < -0.3 is 9.47 Å². The lowest BCUT2D eigenvalue weighted by Crippen LogP contribution is -2.17. The Morgan fingerprint density at radius 2 is 1.06 bits per heavy atom. The number of hydrogen-bond donors (Lipinski definition) is 2. The monoisotopic (exact) mass is 542 g/mol. The quantitative estimate of drug-likeness (QED) is 0.127. The van der Waals surface area contributed by atoms with Crippen molar-refractivity contribution >= 4 is 26.4 Å². The van der Waals surface area contributed by atoms with Crippen LogP contribution in [0.5, 0.6) is 11.5 Å². The highest BCUT2D eigenvalue weighted by atomic mass is 32.2. The number of hydrogen-bond acceptors (Lipinski definition) is 7. The van der Waals surface area contributed by atoms with Crippen LogP contribution in [0.1, 0.15) is 76.3 Å². The zero-order valence-corrected chi connectivity index (χ0v) is 22.2. The maximum atomic E-state index is 12.7. The Kier molecular flexibility index (Phi) is 11.4. The maximum absolute atomic E-state index is 12.7. The lowest BCUT2D eigenvalue weighted by Gasteiger charge is -2.15. The van der Waals surface area contributed by atoms with E-state index < -0.39 is 26.4 Å². The van der Waals surface area contributed by atoms with Gasteiger partial charge >= 0.3 is 6.16 Å². The Morgan fingerprint density at radius 3 is 1.39 bits per heavy atom. The van der Waals surface area contributed by atoms with Gasteiger partial charge in [-0.3, -0.25) is 9.11 Å². The topological polar surface area (TPSA) is 144 Å². The van der Waals surface area contributed by atoms with Gasteiger partial charge in [-0.2, -0.15) is 16.8 Å². The van der Waals surface area contributed by atoms with Crippen LogP contribution >= 0.6 is 0 Å². The smallest absolute Gasteiger partial charge is 0.394 e. The number of carbonyl (C=O) groups excluding carboxylic acids is 1. The zero-order chi connectivity index (χ0) is 26.8. The first-order valence-electron chi connectivity index (χ1n) is 12.1. The van der Waals surface area contributed by atoms with Gasteiger partial charge in [0.2, 0.25) is 0 Å². The summed E-state index contributed by atoms with van der Waals surface area (Å²) >= 11 is 0. The first-order chi connectivity index (χ1) is 17.0. The zero-order valence-electron chi connectivity index (χ0n) is 20.6. The molecule has 0 aliphatic carbocycles. The van der Waals surface area contributed by atoms with Gasteiger partial charge in [0.05, 0.1) is 0 Å². The average Bonchev–Trinajstić information content (AvgIpc) is 2.79. The van der Waals surface area contributed by atoms with Crippen molar-refractivity contribution in [2.24, 2.45) is 0 Å². The van der Waals surface area contributed by atoms with Crippen LogP contribution < -0.4 is 9.47 Å². The van der Waals surface area contributed by atoms with Crippen LogP contribution in [0.3, 0.4) is 0 Å². The van der Waals surface area contributed by atoms with Gasteiger partial charge in [-0.25, -0.2) is 4.79 Å². The third kappa shape index (κ3) is 8.88. The summed E-state index contributed by atoms with van der Waals surface area (Å²) in [5, 5.41) is 0. The molecule has 0 spiro atoms. The fourth-order valence-corrected chi connectivity index (χ4v) is 5.45. The van der Waals surface area contributed by atoms with Gasteiger partial charge in [0.15, 0.2) is 0 Å². The molecule has 0 bridgehead atoms. The molecule has 0 aromatic heterocycles. The van der Waals surface area contributed by atoms with E-state index in [4.69, 9.17) is 9.47 Å². The van der Waals surface area contributed by atoms with Gasteiger partial charge in [-0.05, 0) is 49.9 Å². The fourth-order valence-electron chi connectivity index (χ4n) is 3.92. The molecule has 2 N–H and O–H groups in total. The molecule has 11 heteroatoms. The van der Waals surface area contributed by atoms with Crippen LogP contribution in [0.2, 0.25) is 0 Å². The van der Waals surface area contributed by atoms with E-state index in [2.05, 4.69) is 0 Å². The van der Waals surface area contributed by atoms with Gasteiger partial charge in [0, 0.05) is 11.1 Å². The molecule has 36 heavy (non-hydrogen) atoms. The fraction of sp³-hybridized carbons (Fsp3) is 0.480. The van der Waals surface area contributed by atoms with Crippen LogP contribution in [0, 0.1) is 0 Å². The predicted octanol–water partition coefficient (Wildman–Crippen LogP) is 6.00. The molecule has 0 heterocycles. The van der Waals surface area contributed by atoms with Crippen LogP contribution in [0.15, 0.2) is 46.2 Å². The summed E-state index contributed by atoms with van der Waals surface area (Å²) in [6.07, 6.45) is 5.99. The molecule has 2 aromatic rings. The largest absolute Gasteiger partial charge is 0.519 e. The first-order valence-corrected chi connectivity index (χ1v) is 15.0. The summed E-state index contributed by atoms with van der Waals surface area (Å²) in [6.45, 7) is 4.07. The molecule has 0 unspecified atom stereocenters. The minimum Gasteiger partial charge on any atom is -0.394 e. The highest BCUT2D eigenvalue weighted by Crippen LogP contribution is 2.31. The van der Waals surface area contributed by atoms with Crippen molar-refractivity contribution in [3.05, 3.63) is 47.5 Å². The van der Waals surface area contributed by atoms with Crippen LogP contribution in [0.4, 0.5) is 4.79 Å². The van der Waals surface area contributed by atoms with Crippen molar-refractivity contribution in [1.82, 2.24) is 0 Å². The predicted molar refractivity (Wildman–Crippen MR) is 135 cm³/mol. The van der Waals surface area contributed by atoms with Gasteiger partial charge in [0.1, 0.15) is 21.3 Å². The first kappa shape index (κ1) is 29.8. The number of benzene rings is 2. The van der Waals surface area contributed by atoms with Crippen molar-refractivity contribution in [1.29, 1.82) is 0 Å². The second-order valence-electron chi connectivity index (χ2n) is 8.49. The van der Waals surface area contributed by atoms with E-state index in [9.17, 15) is 30.7 Å². The molecular formula is C25H34O9S2. The minimum absolute atomic E-state index is 0.0814. The van der Waals surface area contributed by atoms with Gasteiger partial charge in [0.25, 0.3) is 20.2 Å². The molecule has 0 saturated heterocycles. The third-order valence-electron chi connectivity index (χ3n) is 5.68. The number of unbranched alkanes of at least 4 members (excludes halogenated alkanes) is 6. The van der Waals surface area contributed by atoms with E-state index in [1.807, 2.05) is 13.8 Å². The molecule has 0 aliphatic rings. The maximum Gasteiger partial charge on any atom is 0.519 e. The second-order valence-corrected chi connectivity index (χ2v) is 11.3. The Bertz CT molecular complexity index is 1140. The highest BCUT2D eigenvalue weighted by molar-refractivity contribution is 7.86. The average molecular weight is 543 g/mol. The van der Waals surface area contributed by atoms with E-state index in [1.165, 1.54) is 36.4 Å². The standard InChI is InChI=1S/C25H34O9S2/c1-3-5-7-9-13-19-21(15-11-17-23(19)35(27,28)29)33-25(26)34-22-16-12-18-24(36(30,31)32)20(22)14-10-8-6-4-2/h11-12,15-18H,3-10,13-14H2,1-2H3,(H,27,28,29)(H,30,31,32). The van der Waals surface area contributed by atoms with Crippen molar-refractivity contribution in [3.63, 3.8) is 0 Å². The number of ether oxygens (including phenoxy) is 2. The summed E-state index contributed by atoms with van der Waals surface area (Å²) in [6, 6.07) is 7.91. The SMILES string of the molecule is CCCCCCc1c(OC(=O)Oc2cccc(S(=O)(=O)O)c2CCCCCC)cccc1S(=O)(=O)O. The summed E-state index contributed by atoms with van der Waals surface area (Å²) in [5.41, 5.74) is 0.305. The molecule has 0 fully saturated rings. The molecular weight excluding hydrogens is 508 g/mol. The molecule has 0 radical (unpaired) electrons. The normalized spacial score (nSPS) is 11.9. The molecule has 0 atom stereocenters. The molecule has 0 saturated carbocycles. The van der Waals surface area contributed by atoms with Crippen molar-refractivity contribution < 1.29 is 40.2 Å². The Hall–Kier alpha value is -2.47. The summed E-state index contributed by atoms with van der Waals surface area (Å²) < 4.78 is 77.5. The third-order valence-corrected chi connectivity index (χ3v) is 7.56. The molecule has 9 nitrogen and oxygen atoms in total. The van der Waals surface area contributed by atoms with E-state index in [0.29, 0.717) is 12.8 Å². The Morgan fingerprint density at radius 1 is 0.667 bits per heavy atom. The van der Waals surface area contributed by atoms with Crippen LogP contribution in [-0.4, -0.2) is 32.1 Å². The Balaban J connectivity index is 2.34. The van der Waals surface area contributed by atoms with E-state index >= 15 is 0 Å². The van der Waals surface area contributed by atoms with Crippen molar-refractivity contribution in [2.45, 2.75) is 87.8 Å². The molecule has 0 aliphatic heterocycles. The second kappa shape index (κ2) is 13.7. The minimum atomic E-state index is -4.56. The summed E-state index contributed by atoms with van der Waals surface area (Å²) in [7, 11) is -9.13. The number of carbonyl (C=O) groups is 1. The molecule has 0 amide bonds. The molecule has 2 aromatic carbocycles. The Labute approximate surface area is 213 Å². The van der Waals surface area contributed by atoms with Crippen LogP contribution in [-0.2, 0) is 33.1 Å².